The summed E-state index contributed by atoms with van der Waals surface area (Å²) in [4.78, 5) is 53.4. The van der Waals surface area contributed by atoms with Gasteiger partial charge in [0.25, 0.3) is 0 Å². The molecule has 2 aliphatic rings. The minimum atomic E-state index is -0.755. The molecule has 320 valence electrons. The lowest BCUT2D eigenvalue weighted by Gasteiger charge is -2.19. The second-order valence-corrected chi connectivity index (χ2v) is 16.3. The minimum absolute atomic E-state index is 0.181. The van der Waals surface area contributed by atoms with E-state index in [2.05, 4.69) is 25.6 Å². The fourth-order valence-corrected chi connectivity index (χ4v) is 7.05. The van der Waals surface area contributed by atoms with Crippen LogP contribution in [0.2, 0.25) is 0 Å². The van der Waals surface area contributed by atoms with Crippen molar-refractivity contribution >= 4 is 42.0 Å². The Morgan fingerprint density at radius 3 is 1.60 bits per heavy atom. The number of aryl methyl sites for hydroxylation is 4. The van der Waals surface area contributed by atoms with Gasteiger partial charge in [-0.3, -0.25) is 15.2 Å². The number of carbonyl (C=O) groups excluding carboxylic acids is 3. The van der Waals surface area contributed by atoms with Crippen molar-refractivity contribution < 1.29 is 19.1 Å². The number of benzene rings is 4. The Balaban J connectivity index is 0.000000193. The van der Waals surface area contributed by atoms with E-state index in [0.717, 1.165) is 56.1 Å². The van der Waals surface area contributed by atoms with E-state index in [-0.39, 0.29) is 30.3 Å². The van der Waals surface area contributed by atoms with Crippen LogP contribution in [0.4, 0.5) is 14.4 Å². The lowest BCUT2D eigenvalue weighted by Crippen LogP contribution is -2.31. The number of carbonyl (C=O) groups is 3. The first kappa shape index (κ1) is 43.2. The number of hydrogen-bond donors (Lipinski definition) is 3. The molecule has 2 saturated heterocycles. The molecule has 2 aliphatic heterocycles. The Bertz CT molecular complexity index is 2780. The van der Waals surface area contributed by atoms with Gasteiger partial charge >= 0.3 is 18.2 Å². The van der Waals surface area contributed by atoms with Gasteiger partial charge in [0.1, 0.15) is 5.60 Å². The van der Waals surface area contributed by atoms with Crippen molar-refractivity contribution in [1.29, 1.82) is 5.41 Å². The minimum Gasteiger partial charge on any atom is -0.442 e. The molecule has 2 fully saturated rings. The predicted octanol–water partition coefficient (Wildman–Crippen LogP) is 9.42. The molecule has 0 atom stereocenters. The SMILES string of the molecule is Cc1cn(-c2ccc(/C=C3\NC(=O)N(Cc4ccccc4)C3=N)cc2C)cn1.Cc1cn(-c2ccc(/C=C3\NC(=O)N(Cc4ccccc4)C3=NC(=O)OC(C)(C)C)cc2C)cn1. The highest BCUT2D eigenvalue weighted by Gasteiger charge is 2.34. The Morgan fingerprint density at radius 2 is 1.14 bits per heavy atom. The Hall–Kier alpha value is -7.87. The summed E-state index contributed by atoms with van der Waals surface area (Å²) >= 11 is 0. The molecule has 4 aromatic carbocycles. The van der Waals surface area contributed by atoms with Crippen LogP contribution in [0.3, 0.4) is 0 Å². The topological polar surface area (TPSA) is 163 Å². The predicted molar refractivity (Wildman–Crippen MR) is 244 cm³/mol. The summed E-state index contributed by atoms with van der Waals surface area (Å²) in [6.07, 6.45) is 10.4. The zero-order valence-electron chi connectivity index (χ0n) is 36.4. The molecule has 0 aliphatic carbocycles. The van der Waals surface area contributed by atoms with Crippen molar-refractivity contribution in [2.24, 2.45) is 4.99 Å². The summed E-state index contributed by atoms with van der Waals surface area (Å²) in [7, 11) is 0. The summed E-state index contributed by atoms with van der Waals surface area (Å²) in [5, 5.41) is 14.0. The van der Waals surface area contributed by atoms with E-state index < -0.39 is 11.7 Å². The van der Waals surface area contributed by atoms with Gasteiger partial charge in [0.2, 0.25) is 0 Å². The van der Waals surface area contributed by atoms with Gasteiger partial charge in [-0.05, 0) is 118 Å². The van der Waals surface area contributed by atoms with Crippen molar-refractivity contribution in [1.82, 2.24) is 39.5 Å². The third-order valence-corrected chi connectivity index (χ3v) is 10.00. The first-order chi connectivity index (χ1) is 30.1. The molecule has 0 unspecified atom stereocenters. The molecule has 0 spiro atoms. The molecule has 14 heteroatoms. The number of rotatable bonds is 8. The maximum absolute atomic E-state index is 12.9. The van der Waals surface area contributed by atoms with Gasteiger partial charge in [0, 0.05) is 23.8 Å². The summed E-state index contributed by atoms with van der Waals surface area (Å²) in [5.41, 5.74) is 10.0. The van der Waals surface area contributed by atoms with E-state index in [1.165, 1.54) is 9.80 Å². The van der Waals surface area contributed by atoms with Gasteiger partial charge in [0.05, 0.1) is 48.5 Å². The van der Waals surface area contributed by atoms with Gasteiger partial charge in [-0.15, -0.1) is 0 Å². The van der Waals surface area contributed by atoms with E-state index in [9.17, 15) is 14.4 Å². The molecule has 2 aromatic heterocycles. The third-order valence-electron chi connectivity index (χ3n) is 10.00. The highest BCUT2D eigenvalue weighted by molar-refractivity contribution is 6.19. The second-order valence-electron chi connectivity index (χ2n) is 16.3. The van der Waals surface area contributed by atoms with Gasteiger partial charge < -0.3 is 24.5 Å². The lowest BCUT2D eigenvalue weighted by molar-refractivity contribution is 0.0602. The fourth-order valence-electron chi connectivity index (χ4n) is 7.05. The quantitative estimate of drug-likeness (QED) is 0.138. The van der Waals surface area contributed by atoms with Gasteiger partial charge in [0.15, 0.2) is 11.7 Å². The first-order valence-electron chi connectivity index (χ1n) is 20.4. The highest BCUT2D eigenvalue weighted by atomic mass is 16.6. The molecule has 6 aromatic rings. The smallest absolute Gasteiger partial charge is 0.436 e. The number of nitrogens with one attached hydrogen (secondary N) is 3. The first-order valence-corrected chi connectivity index (χ1v) is 20.4. The Morgan fingerprint density at radius 1 is 0.683 bits per heavy atom. The molecular formula is C49H50N10O4. The Labute approximate surface area is 366 Å². The lowest BCUT2D eigenvalue weighted by atomic mass is 10.1. The number of ether oxygens (including phenoxy) is 1. The monoisotopic (exact) mass is 842 g/mol. The molecule has 14 nitrogen and oxygen atoms in total. The van der Waals surface area contributed by atoms with Crippen LogP contribution in [-0.4, -0.2) is 64.3 Å². The van der Waals surface area contributed by atoms with Crippen LogP contribution in [0.5, 0.6) is 0 Å². The third kappa shape index (κ3) is 10.7. The molecule has 0 radical (unpaired) electrons. The zero-order valence-corrected chi connectivity index (χ0v) is 36.4. The van der Waals surface area contributed by atoms with Crippen molar-refractivity contribution in [3.8, 4) is 11.4 Å². The van der Waals surface area contributed by atoms with Gasteiger partial charge in [-0.1, -0.05) is 72.8 Å². The number of aromatic nitrogens is 4. The maximum Gasteiger partial charge on any atom is 0.436 e. The van der Waals surface area contributed by atoms with Crippen LogP contribution in [-0.2, 0) is 17.8 Å². The summed E-state index contributed by atoms with van der Waals surface area (Å²) < 4.78 is 9.35. The van der Waals surface area contributed by atoms with Crippen LogP contribution in [0.15, 0.2) is 138 Å². The average Bonchev–Trinajstić information content (AvgIpc) is 3.99. The van der Waals surface area contributed by atoms with Crippen molar-refractivity contribution in [2.45, 2.75) is 67.2 Å². The maximum atomic E-state index is 12.9. The molecule has 63 heavy (non-hydrogen) atoms. The Kier molecular flexibility index (Phi) is 12.6. The number of aliphatic imine (C=N–C) groups is 1. The van der Waals surface area contributed by atoms with Gasteiger partial charge in [-0.25, -0.2) is 24.4 Å². The van der Waals surface area contributed by atoms with Crippen LogP contribution in [0.1, 0.15) is 65.5 Å². The van der Waals surface area contributed by atoms with Crippen LogP contribution >= 0.6 is 0 Å². The van der Waals surface area contributed by atoms with Crippen molar-refractivity contribution in [3.63, 3.8) is 0 Å². The number of nitrogens with zero attached hydrogens (tertiary/aromatic N) is 7. The normalized spacial score (nSPS) is 15.8. The number of imidazole rings is 2. The standard InChI is InChI=1S/C27H29N5O3.C22H21N5O/c1-18-13-21(11-12-23(18)31-15-19(2)28-17-31)14-22-24(30-26(34)35-27(3,4)5)32(25(33)29-22)16-20-9-7-6-8-10-20;1-15-10-18(8-9-20(15)26-12-16(2)24-14-26)11-19-21(23)27(22(28)25-19)13-17-6-4-3-5-7-17/h6-15,17H,16H2,1-5H3,(H,29,33);3-12,14,23H,13H2,1-2H3,(H,25,28)/b22-14-,30-24?;19-11-,23-21?. The van der Waals surface area contributed by atoms with E-state index in [1.807, 2.05) is 158 Å². The molecule has 4 heterocycles. The molecule has 5 amide bonds. The summed E-state index contributed by atoms with van der Waals surface area (Å²) in [6.45, 7) is 13.9. The number of hydrogen-bond acceptors (Lipinski definition) is 7. The van der Waals surface area contributed by atoms with E-state index in [4.69, 9.17) is 10.1 Å². The molecule has 0 saturated carbocycles. The van der Waals surface area contributed by atoms with Crippen LogP contribution in [0.25, 0.3) is 23.5 Å². The van der Waals surface area contributed by atoms with E-state index >= 15 is 0 Å². The van der Waals surface area contributed by atoms with Crippen LogP contribution in [0, 0.1) is 33.1 Å². The van der Waals surface area contributed by atoms with Crippen LogP contribution < -0.4 is 10.6 Å². The highest BCUT2D eigenvalue weighted by Crippen LogP contribution is 2.24. The van der Waals surface area contributed by atoms with E-state index in [1.54, 1.807) is 33.4 Å². The number of amides is 5. The van der Waals surface area contributed by atoms with Crippen molar-refractivity contribution in [3.05, 3.63) is 178 Å². The molecule has 8 rings (SSSR count). The largest absolute Gasteiger partial charge is 0.442 e. The van der Waals surface area contributed by atoms with Gasteiger partial charge in [-0.2, -0.15) is 4.99 Å². The van der Waals surface area contributed by atoms with E-state index in [0.29, 0.717) is 17.9 Å². The molecular weight excluding hydrogens is 793 g/mol. The molecule has 3 N–H and O–H groups in total. The number of urea groups is 2. The summed E-state index contributed by atoms with van der Waals surface area (Å²) in [6, 6.07) is 30.6. The fraction of sp³-hybridized carbons (Fsp3) is 0.204. The summed E-state index contributed by atoms with van der Waals surface area (Å²) in [5.74, 6) is 0.404. The second kappa shape index (κ2) is 18.4. The molecule has 0 bridgehead atoms. The number of amidine groups is 2. The van der Waals surface area contributed by atoms with Crippen molar-refractivity contribution in [2.75, 3.05) is 0 Å². The zero-order chi connectivity index (χ0) is 44.8. The average molecular weight is 843 g/mol.